The molecule has 0 saturated carbocycles. The monoisotopic (exact) mass is 298 g/mol. The smallest absolute Gasteiger partial charge is 0.387 e. The quantitative estimate of drug-likeness (QED) is 0.800. The molecule has 0 saturated heterocycles. The minimum atomic E-state index is -3.20. The average Bonchev–Trinajstić information content (AvgIpc) is 3.04. The normalized spacial score (nSPS) is 11.4. The molecule has 0 spiro atoms. The summed E-state index contributed by atoms with van der Waals surface area (Å²) in [6.45, 7) is -3.17. The van der Waals surface area contributed by atoms with Gasteiger partial charge in [-0.25, -0.2) is 4.39 Å². The average molecular weight is 298 g/mol. The fourth-order valence-electron chi connectivity index (χ4n) is 2.00. The van der Waals surface area contributed by atoms with Gasteiger partial charge in [-0.15, -0.1) is 0 Å². The van der Waals surface area contributed by atoms with Crippen LogP contribution in [0.5, 0.6) is 5.75 Å². The zero-order valence-electron chi connectivity index (χ0n) is 10.5. The van der Waals surface area contributed by atoms with E-state index in [9.17, 15) is 13.2 Å². The third-order valence-electron chi connectivity index (χ3n) is 2.86. The Bertz CT molecular complexity index is 770. The molecule has 2 aromatic heterocycles. The largest absolute Gasteiger partial charge is 0.431 e. The highest BCUT2D eigenvalue weighted by molar-refractivity contribution is 5.93. The number of anilines is 1. The minimum absolute atomic E-state index is 0.0228. The van der Waals surface area contributed by atoms with Gasteiger partial charge < -0.3 is 15.0 Å². The summed E-state index contributed by atoms with van der Waals surface area (Å²) in [4.78, 5) is 0. The summed E-state index contributed by atoms with van der Waals surface area (Å²) < 4.78 is 49.9. The molecule has 3 aromatic rings. The van der Waals surface area contributed by atoms with E-state index in [4.69, 9.17) is 10.3 Å². The van der Waals surface area contributed by atoms with Gasteiger partial charge in [0.05, 0.1) is 6.54 Å². The minimum Gasteiger partial charge on any atom is -0.431 e. The van der Waals surface area contributed by atoms with E-state index in [2.05, 4.69) is 15.0 Å². The van der Waals surface area contributed by atoms with Crippen LogP contribution in [0.15, 0.2) is 29.0 Å². The third-order valence-corrected chi connectivity index (χ3v) is 2.86. The number of halogens is 3. The van der Waals surface area contributed by atoms with Crippen molar-refractivity contribution in [1.29, 1.82) is 0 Å². The van der Waals surface area contributed by atoms with Gasteiger partial charge in [0, 0.05) is 18.0 Å². The molecule has 0 radical (unpaired) electrons. The van der Waals surface area contributed by atoms with Gasteiger partial charge in [-0.2, -0.15) is 13.9 Å². The van der Waals surface area contributed by atoms with Crippen molar-refractivity contribution in [3.63, 3.8) is 0 Å². The lowest BCUT2D eigenvalue weighted by atomic mass is 10.1. The van der Waals surface area contributed by atoms with E-state index in [0.29, 0.717) is 0 Å². The highest BCUT2D eigenvalue weighted by Gasteiger charge is 2.23. The molecule has 6 nitrogen and oxygen atoms in total. The van der Waals surface area contributed by atoms with Crippen molar-refractivity contribution >= 4 is 16.8 Å². The predicted octanol–water partition coefficient (Wildman–Crippen LogP) is 2.40. The van der Waals surface area contributed by atoms with Crippen molar-refractivity contribution < 1.29 is 22.4 Å². The lowest BCUT2D eigenvalue weighted by molar-refractivity contribution is -0.0511. The fraction of sp³-hybridized carbons (Fsp3) is 0.167. The van der Waals surface area contributed by atoms with Crippen LogP contribution in [-0.4, -0.2) is 21.5 Å². The number of fused-ring (bicyclic) bond motifs is 1. The van der Waals surface area contributed by atoms with Crippen LogP contribution in [-0.2, 0) is 6.54 Å². The van der Waals surface area contributed by atoms with Crippen molar-refractivity contribution in [1.82, 2.24) is 14.9 Å². The summed E-state index contributed by atoms with van der Waals surface area (Å²) >= 11 is 0. The van der Waals surface area contributed by atoms with E-state index in [1.807, 2.05) is 0 Å². The fourth-order valence-corrected chi connectivity index (χ4v) is 2.00. The maximum Gasteiger partial charge on any atom is 0.387 e. The molecule has 0 amide bonds. The number of aromatic nitrogens is 3. The molecule has 21 heavy (non-hydrogen) atoms. The highest BCUT2D eigenvalue weighted by atomic mass is 19.3. The second kappa shape index (κ2) is 5.00. The van der Waals surface area contributed by atoms with Crippen molar-refractivity contribution in [3.05, 3.63) is 35.9 Å². The number of nitrogen functional groups attached to an aromatic ring is 1. The van der Waals surface area contributed by atoms with Crippen LogP contribution in [0.2, 0.25) is 0 Å². The van der Waals surface area contributed by atoms with Gasteiger partial charge in [0.1, 0.15) is 5.39 Å². The first-order valence-corrected chi connectivity index (χ1v) is 5.84. The van der Waals surface area contributed by atoms with Crippen molar-refractivity contribution in [3.8, 4) is 5.75 Å². The van der Waals surface area contributed by atoms with Gasteiger partial charge in [0.25, 0.3) is 0 Å². The summed E-state index contributed by atoms with van der Waals surface area (Å²) in [6.07, 6.45) is 3.12. The van der Waals surface area contributed by atoms with Crippen LogP contribution in [0.4, 0.5) is 19.0 Å². The van der Waals surface area contributed by atoms with Crippen LogP contribution in [0.3, 0.4) is 0 Å². The van der Waals surface area contributed by atoms with Crippen LogP contribution in [0.1, 0.15) is 5.56 Å². The topological polar surface area (TPSA) is 79.1 Å². The standard InChI is InChI=1S/C12H9F3N4O2/c13-9-6(5-19-3-1-2-17-19)4-7-8(11(16)18-21-7)10(9)20-12(14)15/h1-4,12H,5H2,(H2,16,18). The van der Waals surface area contributed by atoms with E-state index in [1.54, 1.807) is 12.3 Å². The molecule has 0 atom stereocenters. The molecule has 0 aliphatic heterocycles. The van der Waals surface area contributed by atoms with Gasteiger partial charge in [0.15, 0.2) is 23.0 Å². The SMILES string of the molecule is Nc1noc2cc(Cn3cccn3)c(F)c(OC(F)F)c12. The zero-order chi connectivity index (χ0) is 15.0. The highest BCUT2D eigenvalue weighted by Crippen LogP contribution is 2.36. The summed E-state index contributed by atoms with van der Waals surface area (Å²) in [5.41, 5.74) is 5.62. The first-order valence-electron chi connectivity index (χ1n) is 5.84. The zero-order valence-corrected chi connectivity index (χ0v) is 10.5. The van der Waals surface area contributed by atoms with E-state index in [-0.39, 0.29) is 28.9 Å². The maximum absolute atomic E-state index is 14.4. The van der Waals surface area contributed by atoms with Crippen LogP contribution in [0, 0.1) is 5.82 Å². The number of nitrogens with two attached hydrogens (primary N) is 1. The first kappa shape index (κ1) is 13.3. The molecular weight excluding hydrogens is 289 g/mol. The number of rotatable bonds is 4. The Balaban J connectivity index is 2.15. The Hall–Kier alpha value is -2.71. The maximum atomic E-state index is 14.4. The number of ether oxygens (including phenoxy) is 1. The molecule has 0 aliphatic rings. The Morgan fingerprint density at radius 2 is 2.24 bits per heavy atom. The number of nitrogens with zero attached hydrogens (tertiary/aromatic N) is 3. The summed E-state index contributed by atoms with van der Waals surface area (Å²) in [6, 6.07) is 2.98. The second-order valence-electron chi connectivity index (χ2n) is 4.20. The third kappa shape index (κ3) is 2.37. The molecule has 2 N–H and O–H groups in total. The Morgan fingerprint density at radius 1 is 1.43 bits per heavy atom. The van der Waals surface area contributed by atoms with Crippen LogP contribution in [0.25, 0.3) is 11.0 Å². The van der Waals surface area contributed by atoms with E-state index < -0.39 is 18.2 Å². The molecule has 0 bridgehead atoms. The Kier molecular flexibility index (Phi) is 3.16. The van der Waals surface area contributed by atoms with E-state index >= 15 is 0 Å². The number of benzene rings is 1. The van der Waals surface area contributed by atoms with Crippen LogP contribution >= 0.6 is 0 Å². The second-order valence-corrected chi connectivity index (χ2v) is 4.20. The molecule has 0 fully saturated rings. The molecule has 1 aromatic carbocycles. The van der Waals surface area contributed by atoms with Gasteiger partial charge in [-0.3, -0.25) is 4.68 Å². The van der Waals surface area contributed by atoms with E-state index in [0.717, 1.165) is 0 Å². The predicted molar refractivity (Wildman–Crippen MR) is 66.3 cm³/mol. The van der Waals surface area contributed by atoms with Crippen LogP contribution < -0.4 is 10.5 Å². The summed E-state index contributed by atoms with van der Waals surface area (Å²) in [7, 11) is 0. The first-order chi connectivity index (χ1) is 10.1. The van der Waals surface area contributed by atoms with Gasteiger partial charge in [-0.05, 0) is 12.1 Å². The summed E-state index contributed by atoms with van der Waals surface area (Å²) in [5, 5.41) is 7.24. The molecule has 0 unspecified atom stereocenters. The lowest BCUT2D eigenvalue weighted by Crippen LogP contribution is -2.08. The molecule has 9 heteroatoms. The Labute approximate surface area is 115 Å². The molecular formula is C12H9F3N4O2. The van der Waals surface area contributed by atoms with Gasteiger partial charge >= 0.3 is 6.61 Å². The summed E-state index contributed by atoms with van der Waals surface area (Å²) in [5.74, 6) is -1.85. The number of hydrogen-bond donors (Lipinski definition) is 1. The van der Waals surface area contributed by atoms with Gasteiger partial charge in [0.2, 0.25) is 0 Å². The lowest BCUT2D eigenvalue weighted by Gasteiger charge is -2.10. The number of hydrogen-bond acceptors (Lipinski definition) is 5. The molecule has 0 aliphatic carbocycles. The van der Waals surface area contributed by atoms with Gasteiger partial charge in [-0.1, -0.05) is 5.16 Å². The van der Waals surface area contributed by atoms with Crippen molar-refractivity contribution in [2.24, 2.45) is 0 Å². The van der Waals surface area contributed by atoms with Crippen molar-refractivity contribution in [2.75, 3.05) is 5.73 Å². The Morgan fingerprint density at radius 3 is 2.90 bits per heavy atom. The van der Waals surface area contributed by atoms with E-state index in [1.165, 1.54) is 16.9 Å². The molecule has 3 rings (SSSR count). The van der Waals surface area contributed by atoms with Crippen molar-refractivity contribution in [2.45, 2.75) is 13.2 Å². The number of alkyl halides is 2. The molecule has 2 heterocycles. The molecule has 110 valence electrons.